The van der Waals surface area contributed by atoms with Gasteiger partial charge in [-0.3, -0.25) is 14.9 Å². The number of ketones is 1. The lowest BCUT2D eigenvalue weighted by Gasteiger charge is -2.15. The van der Waals surface area contributed by atoms with Gasteiger partial charge in [0.05, 0.1) is 16.1 Å². The molecule has 1 aromatic rings. The lowest BCUT2D eigenvalue weighted by Crippen LogP contribution is -2.21. The minimum absolute atomic E-state index is 0.0817. The smallest absolute Gasteiger partial charge is 0.276 e. The number of carbonyl (C=O) groups excluding carboxylic acids is 1. The van der Waals surface area contributed by atoms with Gasteiger partial charge in [0, 0.05) is 11.5 Å². The van der Waals surface area contributed by atoms with Crippen LogP contribution in [0.1, 0.15) is 26.3 Å². The van der Waals surface area contributed by atoms with Gasteiger partial charge in [0.1, 0.15) is 6.07 Å². The van der Waals surface area contributed by atoms with Crippen LogP contribution in [0.15, 0.2) is 29.8 Å². The molecule has 1 rings (SSSR count). The van der Waals surface area contributed by atoms with Crippen LogP contribution in [-0.2, 0) is 4.79 Å². The number of hydrogen-bond donors (Lipinski definition) is 0. The van der Waals surface area contributed by atoms with E-state index in [9.17, 15) is 14.9 Å². The lowest BCUT2D eigenvalue weighted by atomic mass is 9.86. The van der Waals surface area contributed by atoms with Gasteiger partial charge in [-0.1, -0.05) is 32.9 Å². The molecular weight excluding hydrogens is 244 g/mol. The van der Waals surface area contributed by atoms with Crippen LogP contribution in [-0.4, -0.2) is 10.7 Å². The van der Waals surface area contributed by atoms with Crippen molar-refractivity contribution in [3.05, 3.63) is 45.5 Å². The van der Waals surface area contributed by atoms with Crippen LogP contribution >= 0.6 is 0 Å². The first kappa shape index (κ1) is 14.6. The van der Waals surface area contributed by atoms with E-state index in [1.54, 1.807) is 26.8 Å². The first-order valence-electron chi connectivity index (χ1n) is 5.67. The number of benzene rings is 1. The highest BCUT2D eigenvalue weighted by atomic mass is 16.6. The van der Waals surface area contributed by atoms with Gasteiger partial charge in [-0.25, -0.2) is 0 Å². The van der Waals surface area contributed by atoms with Crippen LogP contribution in [0.3, 0.4) is 0 Å². The second-order valence-corrected chi connectivity index (χ2v) is 5.06. The molecule has 1 aromatic carbocycles. The van der Waals surface area contributed by atoms with E-state index >= 15 is 0 Å². The van der Waals surface area contributed by atoms with Crippen molar-refractivity contribution in [2.45, 2.75) is 20.8 Å². The zero-order chi connectivity index (χ0) is 14.6. The van der Waals surface area contributed by atoms with Gasteiger partial charge < -0.3 is 0 Å². The molecule has 5 heteroatoms. The van der Waals surface area contributed by atoms with Gasteiger partial charge in [0.2, 0.25) is 0 Å². The fourth-order valence-corrected chi connectivity index (χ4v) is 1.48. The molecule has 0 fully saturated rings. The van der Waals surface area contributed by atoms with Gasteiger partial charge >= 0.3 is 0 Å². The van der Waals surface area contributed by atoms with Crippen molar-refractivity contribution in [2.24, 2.45) is 5.41 Å². The molecule has 5 nitrogen and oxygen atoms in total. The number of nitriles is 1. The molecule has 0 atom stereocenters. The number of rotatable bonds is 3. The number of para-hydroxylation sites is 1. The Hall–Kier alpha value is -2.48. The van der Waals surface area contributed by atoms with Crippen molar-refractivity contribution in [1.29, 1.82) is 5.26 Å². The largest absolute Gasteiger partial charge is 0.293 e. The van der Waals surface area contributed by atoms with E-state index < -0.39 is 10.3 Å². The maximum Gasteiger partial charge on any atom is 0.276 e. The van der Waals surface area contributed by atoms with E-state index in [2.05, 4.69) is 0 Å². The molecule has 0 bridgehead atoms. The third-order valence-corrected chi connectivity index (χ3v) is 2.48. The van der Waals surface area contributed by atoms with Crippen LogP contribution in [0.4, 0.5) is 5.69 Å². The number of hydrogen-bond acceptors (Lipinski definition) is 4. The van der Waals surface area contributed by atoms with Crippen LogP contribution in [0.2, 0.25) is 0 Å². The second-order valence-electron chi connectivity index (χ2n) is 5.06. The summed E-state index contributed by atoms with van der Waals surface area (Å²) < 4.78 is 0. The fraction of sp³-hybridized carbons (Fsp3) is 0.286. The Kier molecular flexibility index (Phi) is 4.18. The molecule has 19 heavy (non-hydrogen) atoms. The SMILES string of the molecule is CC(C)(C)C(=O)C(C#N)=Cc1ccccc1[N+](=O)[O-]. The Balaban J connectivity index is 3.32. The van der Waals surface area contributed by atoms with E-state index in [-0.39, 0.29) is 22.6 Å². The number of nitro benzene ring substituents is 1. The highest BCUT2D eigenvalue weighted by molar-refractivity contribution is 6.06. The second kappa shape index (κ2) is 5.44. The Morgan fingerprint density at radius 2 is 1.95 bits per heavy atom. The topological polar surface area (TPSA) is 84.0 Å². The molecule has 0 heterocycles. The highest BCUT2D eigenvalue weighted by Crippen LogP contribution is 2.24. The Labute approximate surface area is 111 Å². The van der Waals surface area contributed by atoms with E-state index in [0.717, 1.165) is 0 Å². The summed E-state index contributed by atoms with van der Waals surface area (Å²) in [5.41, 5.74) is -0.661. The molecule has 0 unspecified atom stereocenters. The van der Waals surface area contributed by atoms with Gasteiger partial charge in [0.25, 0.3) is 5.69 Å². The summed E-state index contributed by atoms with van der Waals surface area (Å²) in [6, 6.07) is 7.81. The molecule has 98 valence electrons. The number of Topliss-reactive ketones (excluding diaryl/α,β-unsaturated/α-hetero) is 1. The zero-order valence-electron chi connectivity index (χ0n) is 11.0. The predicted molar refractivity (Wildman–Crippen MR) is 71.1 cm³/mol. The summed E-state index contributed by atoms with van der Waals surface area (Å²) >= 11 is 0. The third-order valence-electron chi connectivity index (χ3n) is 2.48. The molecule has 0 aromatic heterocycles. The van der Waals surface area contributed by atoms with Crippen LogP contribution in [0, 0.1) is 26.9 Å². The summed E-state index contributed by atoms with van der Waals surface area (Å²) in [4.78, 5) is 22.3. The van der Waals surface area contributed by atoms with E-state index in [1.807, 2.05) is 6.07 Å². The molecular formula is C14H14N2O3. The molecule has 0 radical (unpaired) electrons. The van der Waals surface area contributed by atoms with Crippen LogP contribution in [0.25, 0.3) is 6.08 Å². The van der Waals surface area contributed by atoms with Crippen LogP contribution in [0.5, 0.6) is 0 Å². The summed E-state index contributed by atoms with van der Waals surface area (Å²) in [5.74, 6) is -0.340. The number of carbonyl (C=O) groups is 1. The Morgan fingerprint density at radius 3 is 2.42 bits per heavy atom. The van der Waals surface area contributed by atoms with Gasteiger partial charge in [0.15, 0.2) is 5.78 Å². The molecule has 0 spiro atoms. The van der Waals surface area contributed by atoms with Crippen molar-refractivity contribution >= 4 is 17.5 Å². The standard InChI is InChI=1S/C14H14N2O3/c1-14(2,3)13(17)11(9-15)8-10-6-4-5-7-12(10)16(18)19/h4-8H,1-3H3. The van der Waals surface area contributed by atoms with Gasteiger partial charge in [-0.15, -0.1) is 0 Å². The molecule has 0 N–H and O–H groups in total. The Bertz CT molecular complexity index is 589. The molecule has 0 saturated heterocycles. The maximum atomic E-state index is 12.0. The normalized spacial score (nSPS) is 11.8. The van der Waals surface area contributed by atoms with E-state index in [1.165, 1.54) is 24.3 Å². The molecule has 0 aliphatic heterocycles. The first-order valence-corrected chi connectivity index (χ1v) is 5.67. The molecule has 0 aliphatic rings. The summed E-state index contributed by atoms with van der Waals surface area (Å²) in [7, 11) is 0. The van der Waals surface area contributed by atoms with Crippen molar-refractivity contribution in [3.63, 3.8) is 0 Å². The van der Waals surface area contributed by atoms with Gasteiger partial charge in [-0.2, -0.15) is 5.26 Å². The molecule has 0 aliphatic carbocycles. The summed E-state index contributed by atoms with van der Waals surface area (Å²) in [6.07, 6.45) is 1.27. The van der Waals surface area contributed by atoms with Crippen molar-refractivity contribution in [2.75, 3.05) is 0 Å². The minimum atomic E-state index is -0.703. The number of allylic oxidation sites excluding steroid dienone is 1. The fourth-order valence-electron chi connectivity index (χ4n) is 1.48. The van der Waals surface area contributed by atoms with Crippen molar-refractivity contribution < 1.29 is 9.72 Å². The molecule has 0 amide bonds. The van der Waals surface area contributed by atoms with Crippen molar-refractivity contribution in [3.8, 4) is 6.07 Å². The maximum absolute atomic E-state index is 12.0. The Morgan fingerprint density at radius 1 is 1.37 bits per heavy atom. The number of nitro groups is 1. The predicted octanol–water partition coefficient (Wildman–Crippen LogP) is 3.12. The molecule has 0 saturated carbocycles. The summed E-state index contributed by atoms with van der Waals surface area (Å²) in [6.45, 7) is 5.08. The van der Waals surface area contributed by atoms with E-state index in [4.69, 9.17) is 5.26 Å². The average molecular weight is 258 g/mol. The van der Waals surface area contributed by atoms with Gasteiger partial charge in [-0.05, 0) is 12.1 Å². The monoisotopic (exact) mass is 258 g/mol. The quantitative estimate of drug-likeness (QED) is 0.361. The summed E-state index contributed by atoms with van der Waals surface area (Å²) in [5, 5.41) is 19.9. The first-order chi connectivity index (χ1) is 8.77. The average Bonchev–Trinajstić information content (AvgIpc) is 2.34. The van der Waals surface area contributed by atoms with E-state index in [0.29, 0.717) is 0 Å². The van der Waals surface area contributed by atoms with Crippen LogP contribution < -0.4 is 0 Å². The lowest BCUT2D eigenvalue weighted by molar-refractivity contribution is -0.385. The third kappa shape index (κ3) is 3.49. The van der Waals surface area contributed by atoms with Crippen molar-refractivity contribution in [1.82, 2.24) is 0 Å². The number of nitrogens with zero attached hydrogens (tertiary/aromatic N) is 2. The highest BCUT2D eigenvalue weighted by Gasteiger charge is 2.25. The zero-order valence-corrected chi connectivity index (χ0v) is 11.0. The minimum Gasteiger partial charge on any atom is -0.293 e.